The summed E-state index contributed by atoms with van der Waals surface area (Å²) < 4.78 is 1.06. The van der Waals surface area contributed by atoms with E-state index < -0.39 is 22.9 Å². The number of aromatic amines is 1. The molecule has 1 amide bonds. The third-order valence-electron chi connectivity index (χ3n) is 3.27. The van der Waals surface area contributed by atoms with Gasteiger partial charge in [0.1, 0.15) is 11.8 Å². The van der Waals surface area contributed by atoms with Gasteiger partial charge in [-0.15, -0.1) is 0 Å². The number of rotatable bonds is 2. The van der Waals surface area contributed by atoms with Crippen LogP contribution in [0.4, 0.5) is 5.82 Å². The van der Waals surface area contributed by atoms with Crippen molar-refractivity contribution in [2.24, 2.45) is 0 Å². The number of hydrogen-bond donors (Lipinski definition) is 3. The number of carbonyl (C=O) groups excluding carboxylic acids is 1. The zero-order chi connectivity index (χ0) is 16.7. The molecule has 0 aliphatic carbocycles. The predicted molar refractivity (Wildman–Crippen MR) is 80.6 cm³/mol. The molecular weight excluding hydrogens is 316 g/mol. The lowest BCUT2D eigenvalue weighted by Crippen LogP contribution is -2.27. The number of nitrogens with one attached hydrogen (secondary N) is 2. The van der Waals surface area contributed by atoms with Crippen molar-refractivity contribution in [3.8, 4) is 5.88 Å². The average Bonchev–Trinajstić information content (AvgIpc) is 3.04. The number of imidazole rings is 1. The molecule has 4 aromatic rings. The molecule has 4 heterocycles. The second-order valence-corrected chi connectivity index (χ2v) is 4.68. The van der Waals surface area contributed by atoms with E-state index in [1.807, 2.05) is 0 Å². The van der Waals surface area contributed by atoms with Gasteiger partial charge < -0.3 is 15.4 Å². The smallest absolute Gasteiger partial charge is 0.275 e. The third kappa shape index (κ3) is 2.03. The van der Waals surface area contributed by atoms with Gasteiger partial charge in [-0.2, -0.15) is 4.98 Å². The average molecular weight is 324 g/mol. The molecule has 0 aromatic carbocycles. The van der Waals surface area contributed by atoms with Gasteiger partial charge in [0, 0.05) is 12.4 Å². The van der Waals surface area contributed by atoms with Crippen LogP contribution in [-0.2, 0) is 0 Å². The number of aromatic nitrogens is 7. The van der Waals surface area contributed by atoms with Crippen LogP contribution < -0.4 is 10.9 Å². The van der Waals surface area contributed by atoms with Crippen LogP contribution in [0.25, 0.3) is 16.9 Å². The zero-order valence-corrected chi connectivity index (χ0v) is 11.8. The first kappa shape index (κ1) is 13.8. The third-order valence-corrected chi connectivity index (χ3v) is 3.27. The van der Waals surface area contributed by atoms with Crippen molar-refractivity contribution in [3.63, 3.8) is 0 Å². The van der Waals surface area contributed by atoms with Crippen molar-refractivity contribution in [2.45, 2.75) is 0 Å². The van der Waals surface area contributed by atoms with Crippen molar-refractivity contribution >= 4 is 28.7 Å². The van der Waals surface area contributed by atoms with E-state index in [0.29, 0.717) is 11.2 Å². The first-order valence-electron chi connectivity index (χ1n) is 6.67. The number of nitrogens with zero attached hydrogens (tertiary/aromatic N) is 6. The molecule has 0 saturated heterocycles. The van der Waals surface area contributed by atoms with E-state index in [1.165, 1.54) is 31.1 Å². The van der Waals surface area contributed by atoms with Gasteiger partial charge in [0.05, 0.1) is 6.33 Å². The maximum Gasteiger partial charge on any atom is 0.275 e. The number of amides is 1. The highest BCUT2D eigenvalue weighted by atomic mass is 16.3. The van der Waals surface area contributed by atoms with E-state index in [1.54, 1.807) is 0 Å². The standard InChI is InChI=1S/C13H8N8O3/c22-10(19-9-7-8(16-4-15-7)17-5-18-9)6-11(23)20-13-14-2-1-3-21(13)12(6)24/h1-5,23H,(H2,15,16,17,18,19,22). The Morgan fingerprint density at radius 1 is 1.25 bits per heavy atom. The van der Waals surface area contributed by atoms with E-state index >= 15 is 0 Å². The van der Waals surface area contributed by atoms with Crippen LogP contribution in [0.1, 0.15) is 10.4 Å². The summed E-state index contributed by atoms with van der Waals surface area (Å²) in [6.45, 7) is 0. The molecule has 0 bridgehead atoms. The van der Waals surface area contributed by atoms with Gasteiger partial charge >= 0.3 is 0 Å². The molecule has 3 N–H and O–H groups in total. The molecule has 4 rings (SSSR count). The monoisotopic (exact) mass is 324 g/mol. The highest BCUT2D eigenvalue weighted by molar-refractivity contribution is 6.07. The first-order chi connectivity index (χ1) is 11.6. The molecule has 0 atom stereocenters. The largest absolute Gasteiger partial charge is 0.492 e. The Kier molecular flexibility index (Phi) is 2.91. The summed E-state index contributed by atoms with van der Waals surface area (Å²) in [6.07, 6.45) is 5.42. The van der Waals surface area contributed by atoms with Crippen molar-refractivity contribution in [2.75, 3.05) is 5.32 Å². The molecule has 0 unspecified atom stereocenters. The maximum absolute atomic E-state index is 12.4. The summed E-state index contributed by atoms with van der Waals surface area (Å²) in [5.41, 5.74) is -0.535. The van der Waals surface area contributed by atoms with Gasteiger partial charge in [-0.1, -0.05) is 0 Å². The van der Waals surface area contributed by atoms with E-state index in [9.17, 15) is 14.7 Å². The van der Waals surface area contributed by atoms with Crippen molar-refractivity contribution < 1.29 is 9.90 Å². The summed E-state index contributed by atoms with van der Waals surface area (Å²) in [5.74, 6) is -1.48. The summed E-state index contributed by atoms with van der Waals surface area (Å²) in [6, 6.07) is 1.51. The second-order valence-electron chi connectivity index (χ2n) is 4.68. The predicted octanol–water partition coefficient (Wildman–Crippen LogP) is -0.286. The lowest BCUT2D eigenvalue weighted by atomic mass is 10.3. The fourth-order valence-electron chi connectivity index (χ4n) is 2.20. The van der Waals surface area contributed by atoms with Crippen LogP contribution in [0.5, 0.6) is 5.88 Å². The van der Waals surface area contributed by atoms with Gasteiger partial charge in [0.25, 0.3) is 11.5 Å². The number of aromatic hydroxyl groups is 1. The topological polar surface area (TPSA) is 151 Å². The summed E-state index contributed by atoms with van der Waals surface area (Å²) in [4.78, 5) is 47.0. The molecule has 0 saturated carbocycles. The van der Waals surface area contributed by atoms with Gasteiger partial charge in [0.2, 0.25) is 11.7 Å². The van der Waals surface area contributed by atoms with Crippen LogP contribution in [0.15, 0.2) is 35.9 Å². The Bertz CT molecular complexity index is 1150. The van der Waals surface area contributed by atoms with Crippen LogP contribution in [0.3, 0.4) is 0 Å². The number of carbonyl (C=O) groups is 1. The molecule has 118 valence electrons. The number of hydrogen-bond acceptors (Lipinski definition) is 8. The summed E-state index contributed by atoms with van der Waals surface area (Å²) in [7, 11) is 0. The van der Waals surface area contributed by atoms with Crippen molar-refractivity contribution in [3.05, 3.63) is 47.0 Å². The van der Waals surface area contributed by atoms with Crippen LogP contribution in [0.2, 0.25) is 0 Å². The lowest BCUT2D eigenvalue weighted by molar-refractivity contribution is 0.102. The zero-order valence-electron chi connectivity index (χ0n) is 11.8. The van der Waals surface area contributed by atoms with E-state index in [4.69, 9.17) is 0 Å². The van der Waals surface area contributed by atoms with Gasteiger partial charge in [-0.3, -0.25) is 14.0 Å². The van der Waals surface area contributed by atoms with Gasteiger partial charge in [-0.25, -0.2) is 19.9 Å². The van der Waals surface area contributed by atoms with E-state index in [-0.39, 0.29) is 11.6 Å². The number of fused-ring (bicyclic) bond motifs is 2. The maximum atomic E-state index is 12.4. The van der Waals surface area contributed by atoms with Crippen LogP contribution >= 0.6 is 0 Å². The molecule has 24 heavy (non-hydrogen) atoms. The fraction of sp³-hybridized carbons (Fsp3) is 0. The molecule has 0 spiro atoms. The minimum absolute atomic E-state index is 0.0189. The van der Waals surface area contributed by atoms with E-state index in [0.717, 1.165) is 4.40 Å². The Balaban J connectivity index is 1.81. The fourth-order valence-corrected chi connectivity index (χ4v) is 2.20. The minimum atomic E-state index is -0.863. The quantitative estimate of drug-likeness (QED) is 0.455. The second kappa shape index (κ2) is 5.08. The van der Waals surface area contributed by atoms with Gasteiger partial charge in [-0.05, 0) is 6.07 Å². The molecule has 0 fully saturated rings. The lowest BCUT2D eigenvalue weighted by Gasteiger charge is -2.07. The Morgan fingerprint density at radius 2 is 2.12 bits per heavy atom. The highest BCUT2D eigenvalue weighted by Gasteiger charge is 2.21. The molecule has 0 aliphatic heterocycles. The Morgan fingerprint density at radius 3 is 3.00 bits per heavy atom. The van der Waals surface area contributed by atoms with Gasteiger partial charge in [0.15, 0.2) is 17.0 Å². The molecule has 0 aliphatic rings. The van der Waals surface area contributed by atoms with Crippen molar-refractivity contribution in [1.29, 1.82) is 0 Å². The molecule has 0 radical (unpaired) electrons. The summed E-state index contributed by atoms with van der Waals surface area (Å²) >= 11 is 0. The molecule has 11 heteroatoms. The molecule has 11 nitrogen and oxygen atoms in total. The SMILES string of the molecule is O=C(Nc1ncnc2nc[nH]c12)c1c(O)nc2ncccn2c1=O. The summed E-state index contributed by atoms with van der Waals surface area (Å²) in [5, 5.41) is 12.4. The van der Waals surface area contributed by atoms with Crippen LogP contribution in [-0.4, -0.2) is 45.3 Å². The minimum Gasteiger partial charge on any atom is -0.492 e. The Labute approximate surface area is 132 Å². The number of anilines is 1. The first-order valence-corrected chi connectivity index (χ1v) is 6.67. The number of H-pyrrole nitrogens is 1. The normalized spacial score (nSPS) is 11.0. The Hall–Kier alpha value is -3.89. The van der Waals surface area contributed by atoms with E-state index in [2.05, 4.69) is 35.2 Å². The molecular formula is C13H8N8O3. The highest BCUT2D eigenvalue weighted by Crippen LogP contribution is 2.17. The van der Waals surface area contributed by atoms with Crippen molar-refractivity contribution in [1.82, 2.24) is 34.3 Å². The molecule has 4 aromatic heterocycles. The van der Waals surface area contributed by atoms with Crippen LogP contribution in [0, 0.1) is 0 Å².